The van der Waals surface area contributed by atoms with E-state index in [2.05, 4.69) is 5.10 Å². The topological polar surface area (TPSA) is 38.1 Å². The summed E-state index contributed by atoms with van der Waals surface area (Å²) >= 11 is 6.01. The number of aromatic nitrogens is 2. The Hall–Kier alpha value is -1.95. The maximum Gasteiger partial charge on any atom is 0.335 e. The van der Waals surface area contributed by atoms with Gasteiger partial charge in [-0.15, -0.1) is 0 Å². The first-order chi connectivity index (χ1) is 9.09. The van der Waals surface area contributed by atoms with Gasteiger partial charge in [0, 0.05) is 22.2 Å². The summed E-state index contributed by atoms with van der Waals surface area (Å²) in [5.74, 6) is -0.285. The van der Waals surface area contributed by atoms with Crippen LogP contribution in [0.15, 0.2) is 30.5 Å². The lowest BCUT2D eigenvalue weighted by molar-refractivity contribution is 0.0578. The molecule has 4 nitrogen and oxygen atoms in total. The van der Waals surface area contributed by atoms with Crippen LogP contribution in [-0.4, -0.2) is 15.7 Å². The van der Waals surface area contributed by atoms with Crippen molar-refractivity contribution in [3.05, 3.63) is 46.6 Å². The maximum absolute atomic E-state index is 12.8. The van der Waals surface area contributed by atoms with Gasteiger partial charge in [0.05, 0.1) is 12.7 Å². The first kappa shape index (κ1) is 12.1. The van der Waals surface area contributed by atoms with Gasteiger partial charge in [-0.1, -0.05) is 17.7 Å². The Morgan fingerprint density at radius 2 is 2.11 bits per heavy atom. The lowest BCUT2D eigenvalue weighted by atomic mass is 10.1. The Morgan fingerprint density at radius 3 is 2.79 bits per heavy atom. The average Bonchev–Trinajstić information content (AvgIpc) is 2.95. The standard InChI is InChI=1S/C12H8ClF2N3O/c13-9-3-1-2-7-8(9)6-17(11(7)19)10-4-5-16-18(10)12(14)15/h1-5,12H,6H2. The van der Waals surface area contributed by atoms with Crippen LogP contribution in [0, 0.1) is 0 Å². The van der Waals surface area contributed by atoms with E-state index in [9.17, 15) is 13.6 Å². The number of rotatable bonds is 2. The lowest BCUT2D eigenvalue weighted by Crippen LogP contribution is -2.26. The normalized spacial score (nSPS) is 14.3. The molecular formula is C12H8ClF2N3O. The molecule has 0 spiro atoms. The molecule has 2 aromatic rings. The van der Waals surface area contributed by atoms with Gasteiger partial charge in [-0.25, -0.2) is 0 Å². The highest BCUT2D eigenvalue weighted by molar-refractivity contribution is 6.32. The molecule has 1 aliphatic heterocycles. The molecule has 0 aliphatic carbocycles. The first-order valence-electron chi connectivity index (χ1n) is 5.50. The zero-order valence-electron chi connectivity index (χ0n) is 9.55. The third kappa shape index (κ3) is 1.79. The van der Waals surface area contributed by atoms with Crippen LogP contribution in [0.5, 0.6) is 0 Å². The molecule has 1 amide bonds. The molecular weight excluding hydrogens is 276 g/mol. The molecule has 0 unspecified atom stereocenters. The molecule has 0 atom stereocenters. The van der Waals surface area contributed by atoms with Crippen LogP contribution in [0.2, 0.25) is 5.02 Å². The lowest BCUT2D eigenvalue weighted by Gasteiger charge is -2.16. The van der Waals surface area contributed by atoms with Gasteiger partial charge in [0.2, 0.25) is 0 Å². The van der Waals surface area contributed by atoms with Crippen LogP contribution in [0.3, 0.4) is 0 Å². The predicted octanol–water partition coefficient (Wildman–Crippen LogP) is 3.09. The van der Waals surface area contributed by atoms with Gasteiger partial charge in [-0.3, -0.25) is 9.69 Å². The van der Waals surface area contributed by atoms with Gasteiger partial charge in [0.25, 0.3) is 5.91 Å². The molecule has 1 aliphatic rings. The second kappa shape index (κ2) is 4.31. The summed E-state index contributed by atoms with van der Waals surface area (Å²) in [6.07, 6.45) is 1.24. The van der Waals surface area contributed by atoms with Gasteiger partial charge in [0.1, 0.15) is 5.82 Å². The fraction of sp³-hybridized carbons (Fsp3) is 0.167. The summed E-state index contributed by atoms with van der Waals surface area (Å²) in [5.41, 5.74) is 1.09. The number of nitrogens with zero attached hydrogens (tertiary/aromatic N) is 3. The molecule has 0 bridgehead atoms. The number of halogens is 3. The Bertz CT molecular complexity index is 656. The highest BCUT2D eigenvalue weighted by atomic mass is 35.5. The summed E-state index contributed by atoms with van der Waals surface area (Å²) in [5, 5.41) is 3.97. The molecule has 98 valence electrons. The second-order valence-electron chi connectivity index (χ2n) is 4.07. The van der Waals surface area contributed by atoms with Gasteiger partial charge in [-0.2, -0.15) is 18.6 Å². The van der Waals surface area contributed by atoms with Crippen LogP contribution in [-0.2, 0) is 6.54 Å². The highest BCUT2D eigenvalue weighted by Crippen LogP contribution is 2.33. The quantitative estimate of drug-likeness (QED) is 0.849. The summed E-state index contributed by atoms with van der Waals surface area (Å²) in [6.45, 7) is -2.62. The van der Waals surface area contributed by atoms with Crippen LogP contribution in [0.4, 0.5) is 14.6 Å². The Kier molecular flexibility index (Phi) is 2.74. The monoisotopic (exact) mass is 283 g/mol. The molecule has 19 heavy (non-hydrogen) atoms. The van der Waals surface area contributed by atoms with Gasteiger partial charge < -0.3 is 0 Å². The van der Waals surface area contributed by atoms with Gasteiger partial charge in [0.15, 0.2) is 0 Å². The molecule has 7 heteroatoms. The minimum absolute atomic E-state index is 0.0623. The van der Waals surface area contributed by atoms with E-state index in [4.69, 9.17) is 11.6 Å². The minimum Gasteiger partial charge on any atom is -0.288 e. The van der Waals surface area contributed by atoms with E-state index in [1.54, 1.807) is 18.2 Å². The van der Waals surface area contributed by atoms with E-state index in [1.807, 2.05) is 0 Å². The van der Waals surface area contributed by atoms with Crippen molar-refractivity contribution in [3.8, 4) is 0 Å². The Morgan fingerprint density at radius 1 is 1.32 bits per heavy atom. The number of benzene rings is 1. The molecule has 0 saturated heterocycles. The summed E-state index contributed by atoms with van der Waals surface area (Å²) in [7, 11) is 0. The zero-order valence-corrected chi connectivity index (χ0v) is 10.3. The van der Waals surface area contributed by atoms with E-state index in [1.165, 1.54) is 17.2 Å². The van der Waals surface area contributed by atoms with Crippen molar-refractivity contribution in [2.24, 2.45) is 0 Å². The molecule has 2 heterocycles. The average molecular weight is 284 g/mol. The zero-order chi connectivity index (χ0) is 13.6. The fourth-order valence-electron chi connectivity index (χ4n) is 2.15. The van der Waals surface area contributed by atoms with Crippen molar-refractivity contribution in [1.82, 2.24) is 9.78 Å². The van der Waals surface area contributed by atoms with E-state index in [0.717, 1.165) is 0 Å². The summed E-state index contributed by atoms with van der Waals surface area (Å²) in [6, 6.07) is 6.34. The minimum atomic E-state index is -2.79. The van der Waals surface area contributed by atoms with Gasteiger partial charge in [-0.05, 0) is 12.1 Å². The fourth-order valence-corrected chi connectivity index (χ4v) is 2.39. The second-order valence-corrected chi connectivity index (χ2v) is 4.48. The Labute approximate surface area is 112 Å². The third-order valence-electron chi connectivity index (χ3n) is 3.02. The van der Waals surface area contributed by atoms with Crippen molar-refractivity contribution in [2.45, 2.75) is 13.1 Å². The summed E-state index contributed by atoms with van der Waals surface area (Å²) < 4.78 is 26.1. The molecule has 0 fully saturated rings. The van der Waals surface area contributed by atoms with Crippen molar-refractivity contribution in [2.75, 3.05) is 4.90 Å². The number of alkyl halides is 2. The molecule has 0 saturated carbocycles. The van der Waals surface area contributed by atoms with Gasteiger partial charge >= 0.3 is 6.55 Å². The van der Waals surface area contributed by atoms with Crippen molar-refractivity contribution in [1.29, 1.82) is 0 Å². The van der Waals surface area contributed by atoms with Crippen molar-refractivity contribution >= 4 is 23.3 Å². The number of hydrogen-bond acceptors (Lipinski definition) is 2. The van der Waals surface area contributed by atoms with Crippen molar-refractivity contribution < 1.29 is 13.6 Å². The van der Waals surface area contributed by atoms with Crippen LogP contribution < -0.4 is 4.90 Å². The largest absolute Gasteiger partial charge is 0.335 e. The van der Waals surface area contributed by atoms with Crippen LogP contribution >= 0.6 is 11.6 Å². The molecule has 0 N–H and O–H groups in total. The maximum atomic E-state index is 12.8. The molecule has 0 radical (unpaired) electrons. The summed E-state index contributed by atoms with van der Waals surface area (Å²) in [4.78, 5) is 13.4. The van der Waals surface area contributed by atoms with E-state index in [-0.39, 0.29) is 18.3 Å². The number of fused-ring (bicyclic) bond motifs is 1. The number of carbonyl (C=O) groups excluding carboxylic acids is 1. The van der Waals surface area contributed by atoms with E-state index < -0.39 is 6.55 Å². The number of amides is 1. The number of carbonyl (C=O) groups is 1. The van der Waals surface area contributed by atoms with Crippen LogP contribution in [0.1, 0.15) is 22.5 Å². The first-order valence-corrected chi connectivity index (χ1v) is 5.88. The van der Waals surface area contributed by atoms with E-state index >= 15 is 0 Å². The highest BCUT2D eigenvalue weighted by Gasteiger charge is 2.32. The SMILES string of the molecule is O=C1c2cccc(Cl)c2CN1c1ccnn1C(F)F. The molecule has 1 aromatic carbocycles. The Balaban J connectivity index is 2.04. The third-order valence-corrected chi connectivity index (χ3v) is 3.38. The van der Waals surface area contributed by atoms with E-state index in [0.29, 0.717) is 20.8 Å². The number of hydrogen-bond donors (Lipinski definition) is 0. The number of anilines is 1. The molecule has 3 rings (SSSR count). The van der Waals surface area contributed by atoms with Crippen molar-refractivity contribution in [3.63, 3.8) is 0 Å². The van der Waals surface area contributed by atoms with Crippen LogP contribution in [0.25, 0.3) is 0 Å². The predicted molar refractivity (Wildman–Crippen MR) is 65.4 cm³/mol. The molecule has 1 aromatic heterocycles. The smallest absolute Gasteiger partial charge is 0.288 e.